The number of benzene rings is 3. The molecule has 1 heterocycles. The molecule has 0 saturated heterocycles. The quantitative estimate of drug-likeness (QED) is 0.382. The topological polar surface area (TPSA) is 64.1 Å². The van der Waals surface area contributed by atoms with Gasteiger partial charge in [0.2, 0.25) is 5.88 Å². The van der Waals surface area contributed by atoms with Gasteiger partial charge in [-0.2, -0.15) is 0 Å². The van der Waals surface area contributed by atoms with Gasteiger partial charge in [-0.25, -0.2) is 14.4 Å². The number of hydrogen-bond acceptors (Lipinski definition) is 4. The van der Waals surface area contributed by atoms with Crippen LogP contribution in [0.25, 0.3) is 11.3 Å². The highest BCUT2D eigenvalue weighted by Gasteiger charge is 2.09. The third kappa shape index (κ3) is 5.52. The van der Waals surface area contributed by atoms with Crippen molar-refractivity contribution >= 4 is 21.8 Å². The Labute approximate surface area is 187 Å². The second-order valence-electron chi connectivity index (χ2n) is 6.69. The van der Waals surface area contributed by atoms with Gasteiger partial charge in [-0.3, -0.25) is 4.79 Å². The van der Waals surface area contributed by atoms with Crippen molar-refractivity contribution in [2.45, 2.75) is 6.54 Å². The highest BCUT2D eigenvalue weighted by molar-refractivity contribution is 9.10. The summed E-state index contributed by atoms with van der Waals surface area (Å²) in [6.07, 6.45) is 1.38. The van der Waals surface area contributed by atoms with Crippen LogP contribution in [0.2, 0.25) is 0 Å². The monoisotopic (exact) mass is 477 g/mol. The molecule has 0 fully saturated rings. The minimum Gasteiger partial charge on any atom is -0.439 e. The lowest BCUT2D eigenvalue weighted by atomic mass is 10.1. The summed E-state index contributed by atoms with van der Waals surface area (Å²) in [7, 11) is 0. The van der Waals surface area contributed by atoms with E-state index < -0.39 is 0 Å². The van der Waals surface area contributed by atoms with E-state index >= 15 is 0 Å². The molecule has 4 rings (SSSR count). The minimum absolute atomic E-state index is 0.206. The van der Waals surface area contributed by atoms with Crippen molar-refractivity contribution in [3.05, 3.63) is 107 Å². The van der Waals surface area contributed by atoms with E-state index in [-0.39, 0.29) is 11.7 Å². The van der Waals surface area contributed by atoms with E-state index in [1.54, 1.807) is 42.5 Å². The predicted molar refractivity (Wildman–Crippen MR) is 119 cm³/mol. The van der Waals surface area contributed by atoms with E-state index in [0.29, 0.717) is 29.4 Å². The number of nitrogens with zero attached hydrogens (tertiary/aromatic N) is 2. The van der Waals surface area contributed by atoms with Crippen LogP contribution in [0.5, 0.6) is 11.6 Å². The van der Waals surface area contributed by atoms with Crippen molar-refractivity contribution in [1.29, 1.82) is 0 Å². The molecule has 5 nitrogen and oxygen atoms in total. The van der Waals surface area contributed by atoms with Gasteiger partial charge in [0.05, 0.1) is 5.69 Å². The van der Waals surface area contributed by atoms with E-state index in [1.165, 1.54) is 18.5 Å². The summed E-state index contributed by atoms with van der Waals surface area (Å²) in [4.78, 5) is 20.9. The fourth-order valence-electron chi connectivity index (χ4n) is 2.88. The van der Waals surface area contributed by atoms with Gasteiger partial charge in [0.25, 0.3) is 5.91 Å². The summed E-state index contributed by atoms with van der Waals surface area (Å²) in [6, 6.07) is 22.3. The molecule has 0 aliphatic heterocycles. The normalized spacial score (nSPS) is 10.5. The van der Waals surface area contributed by atoms with E-state index in [1.807, 2.05) is 24.3 Å². The maximum Gasteiger partial charge on any atom is 0.251 e. The van der Waals surface area contributed by atoms with Gasteiger partial charge in [0.15, 0.2) is 0 Å². The summed E-state index contributed by atoms with van der Waals surface area (Å²) in [5.74, 6) is 0.273. The molecule has 3 aromatic carbocycles. The summed E-state index contributed by atoms with van der Waals surface area (Å²) < 4.78 is 20.0. The van der Waals surface area contributed by atoms with E-state index in [0.717, 1.165) is 15.6 Å². The van der Waals surface area contributed by atoms with Crippen molar-refractivity contribution in [3.63, 3.8) is 0 Å². The standard InChI is InChI=1S/C24H17BrFN3O2/c25-19-8-4-16(5-9-19)14-27-24(30)18-2-1-3-21(12-18)31-23-13-22(28-15-29-23)17-6-10-20(26)11-7-17/h1-13,15H,14H2,(H,27,30). The number of amides is 1. The zero-order chi connectivity index (χ0) is 21.6. The molecule has 7 heteroatoms. The van der Waals surface area contributed by atoms with Crippen LogP contribution in [-0.2, 0) is 6.54 Å². The van der Waals surface area contributed by atoms with Crippen molar-refractivity contribution in [2.24, 2.45) is 0 Å². The summed E-state index contributed by atoms with van der Waals surface area (Å²) >= 11 is 3.39. The Morgan fingerprint density at radius 2 is 1.74 bits per heavy atom. The van der Waals surface area contributed by atoms with Crippen LogP contribution in [-0.4, -0.2) is 15.9 Å². The van der Waals surface area contributed by atoms with Crippen LogP contribution >= 0.6 is 15.9 Å². The smallest absolute Gasteiger partial charge is 0.251 e. The first-order valence-electron chi connectivity index (χ1n) is 9.45. The molecule has 1 N–H and O–H groups in total. The minimum atomic E-state index is -0.315. The number of carbonyl (C=O) groups excluding carboxylic acids is 1. The Morgan fingerprint density at radius 1 is 0.968 bits per heavy atom. The van der Waals surface area contributed by atoms with E-state index in [9.17, 15) is 9.18 Å². The second-order valence-corrected chi connectivity index (χ2v) is 7.60. The molecule has 0 bridgehead atoms. The third-order valence-electron chi connectivity index (χ3n) is 4.47. The first kappa shape index (κ1) is 20.7. The number of carbonyl (C=O) groups is 1. The molecule has 0 aliphatic carbocycles. The van der Waals surface area contributed by atoms with Gasteiger partial charge >= 0.3 is 0 Å². The van der Waals surface area contributed by atoms with Gasteiger partial charge in [-0.05, 0) is 60.2 Å². The SMILES string of the molecule is O=C(NCc1ccc(Br)cc1)c1cccc(Oc2cc(-c3ccc(F)cc3)ncn2)c1. The van der Waals surface area contributed by atoms with Crippen molar-refractivity contribution < 1.29 is 13.9 Å². The fourth-order valence-corrected chi connectivity index (χ4v) is 3.15. The van der Waals surface area contributed by atoms with Gasteiger partial charge in [-0.15, -0.1) is 0 Å². The van der Waals surface area contributed by atoms with Crippen LogP contribution in [0.15, 0.2) is 89.7 Å². The Hall–Kier alpha value is -3.58. The molecule has 154 valence electrons. The van der Waals surface area contributed by atoms with Crippen LogP contribution in [0.4, 0.5) is 4.39 Å². The van der Waals surface area contributed by atoms with E-state index in [2.05, 4.69) is 31.2 Å². The largest absolute Gasteiger partial charge is 0.439 e. The molecule has 0 spiro atoms. The lowest BCUT2D eigenvalue weighted by molar-refractivity contribution is 0.0950. The molecule has 0 unspecified atom stereocenters. The zero-order valence-electron chi connectivity index (χ0n) is 16.3. The summed E-state index contributed by atoms with van der Waals surface area (Å²) in [5.41, 5.74) is 2.82. The molecule has 1 aromatic heterocycles. The maximum absolute atomic E-state index is 13.1. The van der Waals surface area contributed by atoms with Crippen molar-refractivity contribution in [1.82, 2.24) is 15.3 Å². The average Bonchev–Trinajstić information content (AvgIpc) is 2.79. The molecule has 0 saturated carbocycles. The van der Waals surface area contributed by atoms with E-state index in [4.69, 9.17) is 4.74 Å². The molecular formula is C24H17BrFN3O2. The van der Waals surface area contributed by atoms with Gasteiger partial charge in [0.1, 0.15) is 17.9 Å². The van der Waals surface area contributed by atoms with Gasteiger partial charge < -0.3 is 10.1 Å². The number of ether oxygens (including phenoxy) is 1. The first-order valence-corrected chi connectivity index (χ1v) is 10.2. The maximum atomic E-state index is 13.1. The molecule has 0 aliphatic rings. The molecule has 0 radical (unpaired) electrons. The molecule has 31 heavy (non-hydrogen) atoms. The molecule has 0 atom stereocenters. The average molecular weight is 478 g/mol. The Bertz CT molecular complexity index is 1200. The van der Waals surface area contributed by atoms with Crippen LogP contribution in [0.1, 0.15) is 15.9 Å². The molecular weight excluding hydrogens is 461 g/mol. The van der Waals surface area contributed by atoms with Crippen molar-refractivity contribution in [2.75, 3.05) is 0 Å². The lowest BCUT2D eigenvalue weighted by Crippen LogP contribution is -2.22. The Morgan fingerprint density at radius 3 is 2.52 bits per heavy atom. The van der Waals surface area contributed by atoms with Crippen LogP contribution < -0.4 is 10.1 Å². The number of rotatable bonds is 6. The Balaban J connectivity index is 1.44. The number of aromatic nitrogens is 2. The van der Waals surface area contributed by atoms with Gasteiger partial charge in [-0.1, -0.05) is 34.1 Å². The zero-order valence-corrected chi connectivity index (χ0v) is 17.8. The number of hydrogen-bond donors (Lipinski definition) is 1. The Kier molecular flexibility index (Phi) is 6.33. The van der Waals surface area contributed by atoms with Crippen LogP contribution in [0.3, 0.4) is 0 Å². The van der Waals surface area contributed by atoms with Crippen molar-refractivity contribution in [3.8, 4) is 22.9 Å². The highest BCUT2D eigenvalue weighted by Crippen LogP contribution is 2.24. The second kappa shape index (κ2) is 9.49. The number of halogens is 2. The van der Waals surface area contributed by atoms with Gasteiger partial charge in [0, 0.05) is 28.2 Å². The fraction of sp³-hybridized carbons (Fsp3) is 0.0417. The molecule has 1 amide bonds. The third-order valence-corrected chi connectivity index (χ3v) is 5.00. The summed E-state index contributed by atoms with van der Waals surface area (Å²) in [6.45, 7) is 0.421. The first-order chi connectivity index (χ1) is 15.1. The summed E-state index contributed by atoms with van der Waals surface area (Å²) in [5, 5.41) is 2.89. The lowest BCUT2D eigenvalue weighted by Gasteiger charge is -2.09. The van der Waals surface area contributed by atoms with Crippen LogP contribution in [0, 0.1) is 5.82 Å². The predicted octanol–water partition coefficient (Wildman–Crippen LogP) is 5.77. The molecule has 4 aromatic rings. The number of nitrogens with one attached hydrogen (secondary N) is 1. The highest BCUT2D eigenvalue weighted by atomic mass is 79.9.